The number of carbonyl (C=O) groups is 1. The molecule has 6 nitrogen and oxygen atoms in total. The molecular formula is C13H17N3O3. The van der Waals surface area contributed by atoms with Crippen LogP contribution in [0.25, 0.3) is 11.0 Å². The SMILES string of the molecule is Cn1cnc2cc(C(=O)NCCOCCO)ccc21. The maximum atomic E-state index is 11.9. The van der Waals surface area contributed by atoms with Gasteiger partial charge in [-0.1, -0.05) is 0 Å². The van der Waals surface area contributed by atoms with Crippen molar-refractivity contribution in [1.29, 1.82) is 0 Å². The van der Waals surface area contributed by atoms with E-state index in [4.69, 9.17) is 9.84 Å². The lowest BCUT2D eigenvalue weighted by Gasteiger charge is -2.05. The summed E-state index contributed by atoms with van der Waals surface area (Å²) in [6.07, 6.45) is 1.72. The molecule has 1 aromatic heterocycles. The molecule has 6 heteroatoms. The Balaban J connectivity index is 1.93. The minimum absolute atomic E-state index is 0.00963. The summed E-state index contributed by atoms with van der Waals surface area (Å²) in [6.45, 7) is 1.08. The fourth-order valence-electron chi connectivity index (χ4n) is 1.78. The maximum Gasteiger partial charge on any atom is 0.251 e. The van der Waals surface area contributed by atoms with Crippen LogP contribution in [-0.4, -0.2) is 46.9 Å². The van der Waals surface area contributed by atoms with Gasteiger partial charge in [0.1, 0.15) is 0 Å². The van der Waals surface area contributed by atoms with Crippen LogP contribution in [0.2, 0.25) is 0 Å². The average molecular weight is 263 g/mol. The van der Waals surface area contributed by atoms with E-state index in [9.17, 15) is 4.79 Å². The predicted molar refractivity (Wildman–Crippen MR) is 71.0 cm³/mol. The first kappa shape index (κ1) is 13.5. The Morgan fingerprint density at radius 2 is 2.32 bits per heavy atom. The number of amides is 1. The normalized spacial score (nSPS) is 10.8. The summed E-state index contributed by atoms with van der Waals surface area (Å²) < 4.78 is 6.96. The second-order valence-corrected chi connectivity index (χ2v) is 4.15. The van der Waals surface area contributed by atoms with Crippen molar-refractivity contribution >= 4 is 16.9 Å². The second-order valence-electron chi connectivity index (χ2n) is 4.15. The molecule has 0 saturated heterocycles. The van der Waals surface area contributed by atoms with Gasteiger partial charge in [-0.3, -0.25) is 4.79 Å². The number of ether oxygens (including phenoxy) is 1. The second kappa shape index (κ2) is 6.31. The number of imidazole rings is 1. The van der Waals surface area contributed by atoms with Crippen LogP contribution in [0.3, 0.4) is 0 Å². The largest absolute Gasteiger partial charge is 0.394 e. The van der Waals surface area contributed by atoms with Crippen molar-refractivity contribution in [3.8, 4) is 0 Å². The van der Waals surface area contributed by atoms with Gasteiger partial charge in [0.2, 0.25) is 0 Å². The van der Waals surface area contributed by atoms with E-state index >= 15 is 0 Å². The van der Waals surface area contributed by atoms with E-state index in [1.807, 2.05) is 17.7 Å². The predicted octanol–water partition coefficient (Wildman–Crippen LogP) is 0.312. The highest BCUT2D eigenvalue weighted by atomic mass is 16.5. The molecule has 0 aliphatic heterocycles. The highest BCUT2D eigenvalue weighted by Gasteiger charge is 2.07. The fourth-order valence-corrected chi connectivity index (χ4v) is 1.78. The van der Waals surface area contributed by atoms with Gasteiger partial charge in [-0.25, -0.2) is 4.98 Å². The molecule has 102 valence electrons. The van der Waals surface area contributed by atoms with Gasteiger partial charge >= 0.3 is 0 Å². The standard InChI is InChI=1S/C13H17N3O3/c1-16-9-15-11-8-10(2-3-12(11)16)13(18)14-4-6-19-7-5-17/h2-3,8-9,17H,4-7H2,1H3,(H,14,18). The number of hydrogen-bond acceptors (Lipinski definition) is 4. The number of aliphatic hydroxyl groups is 1. The van der Waals surface area contributed by atoms with E-state index in [0.717, 1.165) is 11.0 Å². The van der Waals surface area contributed by atoms with Crippen molar-refractivity contribution in [3.05, 3.63) is 30.1 Å². The van der Waals surface area contributed by atoms with Gasteiger partial charge in [-0.2, -0.15) is 0 Å². The van der Waals surface area contributed by atoms with E-state index in [-0.39, 0.29) is 19.1 Å². The van der Waals surface area contributed by atoms with Crippen molar-refractivity contribution in [2.75, 3.05) is 26.4 Å². The number of carbonyl (C=O) groups excluding carboxylic acids is 1. The Labute approximate surface area is 111 Å². The highest BCUT2D eigenvalue weighted by Crippen LogP contribution is 2.13. The molecule has 2 rings (SSSR count). The lowest BCUT2D eigenvalue weighted by molar-refractivity contribution is 0.0838. The third kappa shape index (κ3) is 3.30. The van der Waals surface area contributed by atoms with Gasteiger partial charge in [-0.15, -0.1) is 0 Å². The third-order valence-electron chi connectivity index (χ3n) is 2.76. The first-order valence-electron chi connectivity index (χ1n) is 6.10. The summed E-state index contributed by atoms with van der Waals surface area (Å²) in [6, 6.07) is 5.41. The quantitative estimate of drug-likeness (QED) is 0.736. The third-order valence-corrected chi connectivity index (χ3v) is 2.76. The molecule has 19 heavy (non-hydrogen) atoms. The lowest BCUT2D eigenvalue weighted by atomic mass is 10.2. The maximum absolute atomic E-state index is 11.9. The lowest BCUT2D eigenvalue weighted by Crippen LogP contribution is -2.27. The van der Waals surface area contributed by atoms with Crippen LogP contribution in [0.15, 0.2) is 24.5 Å². The first-order chi connectivity index (χ1) is 9.22. The molecule has 0 saturated carbocycles. The van der Waals surface area contributed by atoms with Crippen molar-refractivity contribution < 1.29 is 14.6 Å². The molecule has 0 bridgehead atoms. The van der Waals surface area contributed by atoms with Crippen molar-refractivity contribution in [2.45, 2.75) is 0 Å². The first-order valence-corrected chi connectivity index (χ1v) is 6.10. The molecule has 0 aliphatic rings. The van der Waals surface area contributed by atoms with Gasteiger partial charge in [0.15, 0.2) is 0 Å². The Morgan fingerprint density at radius 3 is 3.11 bits per heavy atom. The smallest absolute Gasteiger partial charge is 0.251 e. The van der Waals surface area contributed by atoms with Gasteiger partial charge in [0, 0.05) is 19.2 Å². The minimum Gasteiger partial charge on any atom is -0.394 e. The summed E-state index contributed by atoms with van der Waals surface area (Å²) in [5, 5.41) is 11.3. The number of benzene rings is 1. The van der Waals surface area contributed by atoms with E-state index in [0.29, 0.717) is 18.7 Å². The molecular weight excluding hydrogens is 246 g/mol. The number of aryl methyl sites for hydroxylation is 1. The number of aliphatic hydroxyl groups excluding tert-OH is 1. The molecule has 2 aromatic rings. The van der Waals surface area contributed by atoms with Crippen LogP contribution in [0.1, 0.15) is 10.4 Å². The van der Waals surface area contributed by atoms with E-state index in [2.05, 4.69) is 10.3 Å². The number of fused-ring (bicyclic) bond motifs is 1. The van der Waals surface area contributed by atoms with Crippen molar-refractivity contribution in [3.63, 3.8) is 0 Å². The van der Waals surface area contributed by atoms with Crippen LogP contribution in [0, 0.1) is 0 Å². The number of aromatic nitrogens is 2. The molecule has 1 aromatic carbocycles. The summed E-state index contributed by atoms with van der Waals surface area (Å²) in [5.74, 6) is -0.153. The van der Waals surface area contributed by atoms with Crippen LogP contribution in [-0.2, 0) is 11.8 Å². The molecule has 0 radical (unpaired) electrons. The fraction of sp³-hybridized carbons (Fsp3) is 0.385. The zero-order valence-corrected chi connectivity index (χ0v) is 10.8. The molecule has 0 fully saturated rings. The average Bonchev–Trinajstić information content (AvgIpc) is 2.79. The summed E-state index contributed by atoms with van der Waals surface area (Å²) in [7, 11) is 1.91. The van der Waals surface area contributed by atoms with Crippen LogP contribution in [0.4, 0.5) is 0 Å². The van der Waals surface area contributed by atoms with Gasteiger partial charge in [-0.05, 0) is 18.2 Å². The molecule has 2 N–H and O–H groups in total. The molecule has 0 aliphatic carbocycles. The van der Waals surface area contributed by atoms with Crippen molar-refractivity contribution in [2.24, 2.45) is 7.05 Å². The Bertz CT molecular complexity index is 565. The van der Waals surface area contributed by atoms with Crippen molar-refractivity contribution in [1.82, 2.24) is 14.9 Å². The Hall–Kier alpha value is -1.92. The minimum atomic E-state index is -0.153. The van der Waals surface area contributed by atoms with Gasteiger partial charge < -0.3 is 19.7 Å². The van der Waals surface area contributed by atoms with Gasteiger partial charge in [0.25, 0.3) is 5.91 Å². The molecule has 0 spiro atoms. The van der Waals surface area contributed by atoms with Gasteiger partial charge in [0.05, 0.1) is 37.2 Å². The van der Waals surface area contributed by atoms with Crippen LogP contribution in [0.5, 0.6) is 0 Å². The topological polar surface area (TPSA) is 76.4 Å². The van der Waals surface area contributed by atoms with E-state index in [1.54, 1.807) is 18.5 Å². The molecule has 0 atom stereocenters. The Kier molecular flexibility index (Phi) is 4.48. The summed E-state index contributed by atoms with van der Waals surface area (Å²) >= 11 is 0. The highest BCUT2D eigenvalue weighted by molar-refractivity contribution is 5.97. The molecule has 1 heterocycles. The molecule has 1 amide bonds. The summed E-state index contributed by atoms with van der Waals surface area (Å²) in [4.78, 5) is 16.1. The zero-order chi connectivity index (χ0) is 13.7. The molecule has 0 unspecified atom stereocenters. The Morgan fingerprint density at radius 1 is 1.47 bits per heavy atom. The number of hydrogen-bond donors (Lipinski definition) is 2. The van der Waals surface area contributed by atoms with Crippen LogP contribution >= 0.6 is 0 Å². The van der Waals surface area contributed by atoms with Crippen LogP contribution < -0.4 is 5.32 Å². The van der Waals surface area contributed by atoms with E-state index < -0.39 is 0 Å². The number of nitrogens with zero attached hydrogens (tertiary/aromatic N) is 2. The number of rotatable bonds is 6. The summed E-state index contributed by atoms with van der Waals surface area (Å²) in [5.41, 5.74) is 2.36. The van der Waals surface area contributed by atoms with E-state index in [1.165, 1.54) is 0 Å². The number of nitrogens with one attached hydrogen (secondary N) is 1. The monoisotopic (exact) mass is 263 g/mol. The zero-order valence-electron chi connectivity index (χ0n) is 10.8.